The van der Waals surface area contributed by atoms with Crippen LogP contribution < -0.4 is 15.4 Å². The van der Waals surface area contributed by atoms with Crippen LogP contribution in [-0.4, -0.2) is 30.6 Å². The third-order valence-electron chi connectivity index (χ3n) is 3.60. The standard InChI is InChI=1S/C18H20N2O4/c1-11-5-4-6-12(2)17(11)20-16(22)10-19-18(23)14-8-7-13(24-3)9-15(14)21/h4-9,21H,10H2,1-3H3,(H,19,23)(H,20,22). The first-order valence-corrected chi connectivity index (χ1v) is 7.43. The monoisotopic (exact) mass is 328 g/mol. The first-order chi connectivity index (χ1) is 11.4. The van der Waals surface area contributed by atoms with Crippen LogP contribution in [-0.2, 0) is 4.79 Å². The number of phenolic OH excluding ortho intramolecular Hbond substituents is 1. The minimum absolute atomic E-state index is 0.0793. The van der Waals surface area contributed by atoms with Gasteiger partial charge >= 0.3 is 0 Å². The highest BCUT2D eigenvalue weighted by atomic mass is 16.5. The molecule has 6 nitrogen and oxygen atoms in total. The molecule has 2 aromatic rings. The number of aromatic hydroxyl groups is 1. The summed E-state index contributed by atoms with van der Waals surface area (Å²) < 4.78 is 4.96. The number of carbonyl (C=O) groups excluding carboxylic acids is 2. The molecule has 0 spiro atoms. The number of phenols is 1. The van der Waals surface area contributed by atoms with Crippen molar-refractivity contribution >= 4 is 17.5 Å². The summed E-state index contributed by atoms with van der Waals surface area (Å²) in [5.74, 6) is -0.639. The molecule has 0 aliphatic carbocycles. The number of nitrogens with one attached hydrogen (secondary N) is 2. The van der Waals surface area contributed by atoms with Crippen LogP contribution in [0.25, 0.3) is 0 Å². The Bertz CT molecular complexity index is 751. The van der Waals surface area contributed by atoms with E-state index in [4.69, 9.17) is 4.74 Å². The number of methoxy groups -OCH3 is 1. The zero-order valence-corrected chi connectivity index (χ0v) is 13.8. The molecule has 0 aliphatic rings. The Kier molecular flexibility index (Phi) is 5.42. The topological polar surface area (TPSA) is 87.7 Å². The van der Waals surface area contributed by atoms with Crippen LogP contribution in [0, 0.1) is 13.8 Å². The number of carbonyl (C=O) groups is 2. The molecule has 0 saturated heterocycles. The minimum atomic E-state index is -0.535. The van der Waals surface area contributed by atoms with E-state index in [0.717, 1.165) is 16.8 Å². The first kappa shape index (κ1) is 17.3. The SMILES string of the molecule is COc1ccc(C(=O)NCC(=O)Nc2c(C)cccc2C)c(O)c1. The van der Waals surface area contributed by atoms with Gasteiger partial charge in [-0.05, 0) is 37.1 Å². The lowest BCUT2D eigenvalue weighted by Gasteiger charge is -2.12. The molecule has 0 bridgehead atoms. The summed E-state index contributed by atoms with van der Waals surface area (Å²) in [4.78, 5) is 24.1. The van der Waals surface area contributed by atoms with Crippen molar-refractivity contribution in [3.63, 3.8) is 0 Å². The highest BCUT2D eigenvalue weighted by Gasteiger charge is 2.14. The summed E-state index contributed by atoms with van der Waals surface area (Å²) in [7, 11) is 1.46. The second-order valence-electron chi connectivity index (χ2n) is 5.38. The van der Waals surface area contributed by atoms with Gasteiger partial charge in [0, 0.05) is 11.8 Å². The minimum Gasteiger partial charge on any atom is -0.507 e. The summed E-state index contributed by atoms with van der Waals surface area (Å²) in [6.45, 7) is 3.60. The van der Waals surface area contributed by atoms with E-state index in [1.165, 1.54) is 19.2 Å². The van der Waals surface area contributed by atoms with Gasteiger partial charge in [-0.15, -0.1) is 0 Å². The van der Waals surface area contributed by atoms with E-state index < -0.39 is 5.91 Å². The average molecular weight is 328 g/mol. The van der Waals surface area contributed by atoms with Crippen molar-refractivity contribution in [1.82, 2.24) is 5.32 Å². The van der Waals surface area contributed by atoms with E-state index in [1.54, 1.807) is 6.07 Å². The number of ether oxygens (including phenoxy) is 1. The van der Waals surface area contributed by atoms with Crippen LogP contribution in [0.5, 0.6) is 11.5 Å². The van der Waals surface area contributed by atoms with Gasteiger partial charge in [-0.2, -0.15) is 0 Å². The highest BCUT2D eigenvalue weighted by molar-refractivity contribution is 6.01. The lowest BCUT2D eigenvalue weighted by atomic mass is 10.1. The van der Waals surface area contributed by atoms with Crippen LogP contribution in [0.3, 0.4) is 0 Å². The Morgan fingerprint density at radius 3 is 2.38 bits per heavy atom. The molecule has 24 heavy (non-hydrogen) atoms. The molecular weight excluding hydrogens is 308 g/mol. The van der Waals surface area contributed by atoms with Gasteiger partial charge < -0.3 is 20.5 Å². The van der Waals surface area contributed by atoms with Gasteiger partial charge in [-0.25, -0.2) is 0 Å². The molecule has 6 heteroatoms. The Hall–Kier alpha value is -3.02. The van der Waals surface area contributed by atoms with Crippen LogP contribution in [0.1, 0.15) is 21.5 Å². The lowest BCUT2D eigenvalue weighted by Crippen LogP contribution is -2.33. The molecule has 0 heterocycles. The fourth-order valence-corrected chi connectivity index (χ4v) is 2.28. The number of para-hydroxylation sites is 1. The average Bonchev–Trinajstić information content (AvgIpc) is 2.56. The van der Waals surface area contributed by atoms with Crippen LogP contribution >= 0.6 is 0 Å². The molecular formula is C18H20N2O4. The van der Waals surface area contributed by atoms with Gasteiger partial charge in [0.25, 0.3) is 5.91 Å². The quantitative estimate of drug-likeness (QED) is 0.786. The van der Waals surface area contributed by atoms with Crippen LogP contribution in [0.15, 0.2) is 36.4 Å². The van der Waals surface area contributed by atoms with E-state index >= 15 is 0 Å². The normalized spacial score (nSPS) is 10.1. The van der Waals surface area contributed by atoms with Crippen molar-refractivity contribution in [2.24, 2.45) is 0 Å². The number of hydrogen-bond donors (Lipinski definition) is 3. The van der Waals surface area contributed by atoms with E-state index in [9.17, 15) is 14.7 Å². The zero-order chi connectivity index (χ0) is 17.7. The maximum atomic E-state index is 12.1. The molecule has 0 unspecified atom stereocenters. The number of hydrogen-bond acceptors (Lipinski definition) is 4. The van der Waals surface area contributed by atoms with Gasteiger partial charge in [0.15, 0.2) is 0 Å². The second-order valence-corrected chi connectivity index (χ2v) is 5.38. The highest BCUT2D eigenvalue weighted by Crippen LogP contribution is 2.23. The van der Waals surface area contributed by atoms with Crippen molar-refractivity contribution in [1.29, 1.82) is 0 Å². The largest absolute Gasteiger partial charge is 0.507 e. The Balaban J connectivity index is 1.98. The summed E-state index contributed by atoms with van der Waals surface area (Å²) in [6, 6.07) is 10.0. The first-order valence-electron chi connectivity index (χ1n) is 7.43. The number of aryl methyl sites for hydroxylation is 2. The summed E-state index contributed by atoms with van der Waals surface area (Å²) in [5, 5.41) is 15.1. The fraction of sp³-hybridized carbons (Fsp3) is 0.222. The molecule has 0 radical (unpaired) electrons. The molecule has 0 aliphatic heterocycles. The summed E-state index contributed by atoms with van der Waals surface area (Å²) >= 11 is 0. The third-order valence-corrected chi connectivity index (χ3v) is 3.60. The molecule has 0 saturated carbocycles. The van der Waals surface area contributed by atoms with Crippen molar-refractivity contribution < 1.29 is 19.4 Å². The van der Waals surface area contributed by atoms with Gasteiger partial charge in [0.1, 0.15) is 11.5 Å². The number of rotatable bonds is 5. The molecule has 0 aromatic heterocycles. The zero-order valence-electron chi connectivity index (χ0n) is 13.8. The molecule has 3 N–H and O–H groups in total. The van der Waals surface area contributed by atoms with Crippen LogP contribution in [0.2, 0.25) is 0 Å². The number of benzene rings is 2. The molecule has 2 rings (SSSR count). The van der Waals surface area contributed by atoms with Gasteiger partial charge in [-0.1, -0.05) is 18.2 Å². The fourth-order valence-electron chi connectivity index (χ4n) is 2.28. The Morgan fingerprint density at radius 1 is 1.12 bits per heavy atom. The third kappa shape index (κ3) is 4.04. The van der Waals surface area contributed by atoms with Gasteiger partial charge in [0.2, 0.25) is 5.91 Å². The summed E-state index contributed by atoms with van der Waals surface area (Å²) in [6.07, 6.45) is 0. The van der Waals surface area contributed by atoms with Crippen molar-refractivity contribution in [2.75, 3.05) is 19.0 Å². The maximum Gasteiger partial charge on any atom is 0.255 e. The molecule has 2 amide bonds. The molecule has 0 atom stereocenters. The van der Waals surface area contributed by atoms with E-state index in [1.807, 2.05) is 32.0 Å². The van der Waals surface area contributed by atoms with E-state index in [-0.39, 0.29) is 23.8 Å². The molecule has 126 valence electrons. The number of anilines is 1. The summed E-state index contributed by atoms with van der Waals surface area (Å²) in [5.41, 5.74) is 2.71. The van der Waals surface area contributed by atoms with E-state index in [2.05, 4.69) is 10.6 Å². The Morgan fingerprint density at radius 2 is 1.79 bits per heavy atom. The van der Waals surface area contributed by atoms with E-state index in [0.29, 0.717) is 5.75 Å². The number of amides is 2. The Labute approximate surface area is 140 Å². The predicted octanol–water partition coefficient (Wildman–Crippen LogP) is 2.39. The smallest absolute Gasteiger partial charge is 0.255 e. The van der Waals surface area contributed by atoms with Gasteiger partial charge in [0.05, 0.1) is 19.2 Å². The van der Waals surface area contributed by atoms with Crippen molar-refractivity contribution in [2.45, 2.75) is 13.8 Å². The van der Waals surface area contributed by atoms with Crippen molar-refractivity contribution in [3.8, 4) is 11.5 Å². The predicted molar refractivity (Wildman–Crippen MR) is 91.5 cm³/mol. The molecule has 0 fully saturated rings. The maximum absolute atomic E-state index is 12.1. The van der Waals surface area contributed by atoms with Crippen LogP contribution in [0.4, 0.5) is 5.69 Å². The lowest BCUT2D eigenvalue weighted by molar-refractivity contribution is -0.115. The second kappa shape index (κ2) is 7.50. The van der Waals surface area contributed by atoms with Gasteiger partial charge in [-0.3, -0.25) is 9.59 Å². The molecule has 2 aromatic carbocycles. The van der Waals surface area contributed by atoms with Crippen molar-refractivity contribution in [3.05, 3.63) is 53.1 Å².